The van der Waals surface area contributed by atoms with E-state index in [1.165, 1.54) is 26.2 Å². The van der Waals surface area contributed by atoms with Crippen molar-refractivity contribution in [1.29, 1.82) is 0 Å². The SMILES string of the molecule is CN(C)S(=O)(=O)c1ccc(C(=O)N2CCN(c3ccc(-c4ccco4)nn3)CC2)cc1. The monoisotopic (exact) mass is 441 g/mol. The maximum Gasteiger partial charge on any atom is 0.253 e. The van der Waals surface area contributed by atoms with E-state index in [4.69, 9.17) is 4.42 Å². The Balaban J connectivity index is 1.38. The van der Waals surface area contributed by atoms with Crippen LogP contribution >= 0.6 is 0 Å². The number of nitrogens with zero attached hydrogens (tertiary/aromatic N) is 5. The van der Waals surface area contributed by atoms with Gasteiger partial charge in [-0.15, -0.1) is 10.2 Å². The summed E-state index contributed by atoms with van der Waals surface area (Å²) in [7, 11) is -0.567. The molecule has 10 heteroatoms. The average molecular weight is 442 g/mol. The lowest BCUT2D eigenvalue weighted by Gasteiger charge is -2.35. The van der Waals surface area contributed by atoms with Gasteiger partial charge in [-0.2, -0.15) is 0 Å². The van der Waals surface area contributed by atoms with E-state index in [0.717, 1.165) is 10.1 Å². The van der Waals surface area contributed by atoms with Crippen LogP contribution in [0.4, 0.5) is 5.82 Å². The van der Waals surface area contributed by atoms with Gasteiger partial charge < -0.3 is 14.2 Å². The molecule has 1 aliphatic rings. The molecular weight excluding hydrogens is 418 g/mol. The lowest BCUT2D eigenvalue weighted by molar-refractivity contribution is 0.0746. The van der Waals surface area contributed by atoms with E-state index >= 15 is 0 Å². The highest BCUT2D eigenvalue weighted by atomic mass is 32.2. The van der Waals surface area contributed by atoms with Crippen molar-refractivity contribution in [2.24, 2.45) is 0 Å². The quantitative estimate of drug-likeness (QED) is 0.597. The van der Waals surface area contributed by atoms with Crippen molar-refractivity contribution in [3.63, 3.8) is 0 Å². The van der Waals surface area contributed by atoms with Crippen LogP contribution < -0.4 is 4.90 Å². The van der Waals surface area contributed by atoms with Crippen LogP contribution in [-0.2, 0) is 10.0 Å². The van der Waals surface area contributed by atoms with Gasteiger partial charge in [-0.25, -0.2) is 12.7 Å². The maximum absolute atomic E-state index is 12.8. The molecule has 0 atom stereocenters. The Hall–Kier alpha value is -3.24. The van der Waals surface area contributed by atoms with Crippen LogP contribution in [0.3, 0.4) is 0 Å². The third kappa shape index (κ3) is 4.30. The summed E-state index contributed by atoms with van der Waals surface area (Å²) < 4.78 is 30.8. The Morgan fingerprint density at radius 2 is 1.68 bits per heavy atom. The zero-order valence-electron chi connectivity index (χ0n) is 17.3. The van der Waals surface area contributed by atoms with Crippen molar-refractivity contribution in [3.05, 3.63) is 60.4 Å². The molecule has 1 aliphatic heterocycles. The number of carbonyl (C=O) groups excluding carboxylic acids is 1. The van der Waals surface area contributed by atoms with Gasteiger partial charge in [0, 0.05) is 45.8 Å². The number of carbonyl (C=O) groups is 1. The Morgan fingerprint density at radius 1 is 0.968 bits per heavy atom. The number of hydrogen-bond acceptors (Lipinski definition) is 7. The molecule has 4 rings (SSSR count). The highest BCUT2D eigenvalue weighted by Crippen LogP contribution is 2.20. The molecule has 1 amide bonds. The molecule has 0 spiro atoms. The number of hydrogen-bond donors (Lipinski definition) is 0. The standard InChI is InChI=1S/C21H23N5O4S/c1-24(2)31(28,29)17-7-5-16(6-8-17)21(27)26-13-11-25(12-14-26)20-10-9-18(22-23-20)19-4-3-15-30-19/h3-10,15H,11-14H2,1-2H3. The second-order valence-electron chi connectivity index (χ2n) is 7.35. The van der Waals surface area contributed by atoms with E-state index in [1.54, 1.807) is 29.4 Å². The first-order valence-electron chi connectivity index (χ1n) is 9.81. The lowest BCUT2D eigenvalue weighted by Crippen LogP contribution is -2.49. The van der Waals surface area contributed by atoms with Crippen LogP contribution in [0, 0.1) is 0 Å². The Morgan fingerprint density at radius 3 is 2.23 bits per heavy atom. The van der Waals surface area contributed by atoms with Gasteiger partial charge in [0.2, 0.25) is 10.0 Å². The van der Waals surface area contributed by atoms with Crippen molar-refractivity contribution in [2.75, 3.05) is 45.2 Å². The molecule has 0 radical (unpaired) electrons. The minimum atomic E-state index is -3.52. The van der Waals surface area contributed by atoms with Crippen molar-refractivity contribution < 1.29 is 17.6 Å². The van der Waals surface area contributed by atoms with Crippen LogP contribution in [0.5, 0.6) is 0 Å². The molecule has 0 N–H and O–H groups in total. The molecule has 1 aromatic carbocycles. The molecule has 0 aliphatic carbocycles. The van der Waals surface area contributed by atoms with Gasteiger partial charge in [-0.05, 0) is 48.5 Å². The van der Waals surface area contributed by atoms with Gasteiger partial charge in [-0.3, -0.25) is 4.79 Å². The summed E-state index contributed by atoms with van der Waals surface area (Å²) in [4.78, 5) is 16.8. The van der Waals surface area contributed by atoms with Gasteiger partial charge >= 0.3 is 0 Å². The summed E-state index contributed by atoms with van der Waals surface area (Å²) in [6, 6.07) is 13.4. The fourth-order valence-electron chi connectivity index (χ4n) is 3.35. The minimum Gasteiger partial charge on any atom is -0.463 e. The molecule has 3 aromatic rings. The number of benzene rings is 1. The number of piperazine rings is 1. The van der Waals surface area contributed by atoms with Gasteiger partial charge in [0.1, 0.15) is 5.69 Å². The third-order valence-electron chi connectivity index (χ3n) is 5.19. The van der Waals surface area contributed by atoms with Crippen molar-refractivity contribution in [3.8, 4) is 11.5 Å². The van der Waals surface area contributed by atoms with Crippen LogP contribution in [0.2, 0.25) is 0 Å². The number of rotatable bonds is 5. The molecule has 1 saturated heterocycles. The first-order valence-corrected chi connectivity index (χ1v) is 11.2. The number of aromatic nitrogens is 2. The third-order valence-corrected chi connectivity index (χ3v) is 7.02. The number of sulfonamides is 1. The largest absolute Gasteiger partial charge is 0.463 e. The zero-order chi connectivity index (χ0) is 22.0. The van der Waals surface area contributed by atoms with Gasteiger partial charge in [0.25, 0.3) is 5.91 Å². The summed E-state index contributed by atoms with van der Waals surface area (Å²) in [5.41, 5.74) is 1.14. The van der Waals surface area contributed by atoms with E-state index in [9.17, 15) is 13.2 Å². The first kappa shape index (κ1) is 21.0. The molecule has 0 unspecified atom stereocenters. The fraction of sp³-hybridized carbons (Fsp3) is 0.286. The van der Waals surface area contributed by atoms with E-state index in [-0.39, 0.29) is 10.8 Å². The van der Waals surface area contributed by atoms with Gasteiger partial charge in [0.15, 0.2) is 11.6 Å². The van der Waals surface area contributed by atoms with E-state index in [0.29, 0.717) is 43.2 Å². The van der Waals surface area contributed by atoms with Gasteiger partial charge in [0.05, 0.1) is 11.2 Å². The first-order chi connectivity index (χ1) is 14.9. The molecule has 9 nitrogen and oxygen atoms in total. The van der Waals surface area contributed by atoms with Crippen LogP contribution in [0.1, 0.15) is 10.4 Å². The van der Waals surface area contributed by atoms with E-state index in [2.05, 4.69) is 15.1 Å². The van der Waals surface area contributed by atoms with Crippen molar-refractivity contribution >= 4 is 21.7 Å². The zero-order valence-corrected chi connectivity index (χ0v) is 18.1. The normalized spacial score (nSPS) is 14.8. The van der Waals surface area contributed by atoms with Crippen LogP contribution in [0.25, 0.3) is 11.5 Å². The Bertz CT molecular complexity index is 1140. The molecule has 3 heterocycles. The molecule has 2 aromatic heterocycles. The van der Waals surface area contributed by atoms with Crippen molar-refractivity contribution in [1.82, 2.24) is 19.4 Å². The second kappa shape index (κ2) is 8.48. The maximum atomic E-state index is 12.8. The topological polar surface area (TPSA) is 99.9 Å². The molecule has 0 bridgehead atoms. The highest BCUT2D eigenvalue weighted by molar-refractivity contribution is 7.89. The predicted molar refractivity (Wildman–Crippen MR) is 115 cm³/mol. The Labute approximate surface area is 180 Å². The smallest absolute Gasteiger partial charge is 0.253 e. The highest BCUT2D eigenvalue weighted by Gasteiger charge is 2.24. The Kier molecular flexibility index (Phi) is 5.75. The van der Waals surface area contributed by atoms with Gasteiger partial charge in [-0.1, -0.05) is 0 Å². The number of furan rings is 1. The molecule has 31 heavy (non-hydrogen) atoms. The van der Waals surface area contributed by atoms with Crippen LogP contribution in [0.15, 0.2) is 64.1 Å². The summed E-state index contributed by atoms with van der Waals surface area (Å²) in [6.45, 7) is 2.34. The second-order valence-corrected chi connectivity index (χ2v) is 9.50. The summed E-state index contributed by atoms with van der Waals surface area (Å²) in [5.74, 6) is 1.30. The molecule has 1 fully saturated rings. The van der Waals surface area contributed by atoms with Crippen molar-refractivity contribution in [2.45, 2.75) is 4.90 Å². The number of amides is 1. The molecular formula is C21H23N5O4S. The predicted octanol–water partition coefficient (Wildman–Crippen LogP) is 1.95. The van der Waals surface area contributed by atoms with Crippen LogP contribution in [-0.4, -0.2) is 74.0 Å². The van der Waals surface area contributed by atoms with E-state index < -0.39 is 10.0 Å². The summed E-state index contributed by atoms with van der Waals surface area (Å²) in [6.07, 6.45) is 1.59. The molecule has 0 saturated carbocycles. The minimum absolute atomic E-state index is 0.118. The summed E-state index contributed by atoms with van der Waals surface area (Å²) in [5, 5.41) is 8.50. The molecule has 162 valence electrons. The van der Waals surface area contributed by atoms with E-state index in [1.807, 2.05) is 18.2 Å². The lowest BCUT2D eigenvalue weighted by atomic mass is 10.2. The summed E-state index contributed by atoms with van der Waals surface area (Å²) >= 11 is 0. The fourth-order valence-corrected chi connectivity index (χ4v) is 4.25. The number of anilines is 1. The average Bonchev–Trinajstić information content (AvgIpc) is 3.34.